The molecule has 2 N–H and O–H groups in total. The predicted molar refractivity (Wildman–Crippen MR) is 87.2 cm³/mol. The van der Waals surface area contributed by atoms with Crippen LogP contribution in [-0.4, -0.2) is 24.9 Å². The minimum Gasteiger partial charge on any atom is -0.493 e. The third kappa shape index (κ3) is 5.06. The molecular formula is C18H23NO3. The molecule has 2 rings (SSSR count). The summed E-state index contributed by atoms with van der Waals surface area (Å²) in [6, 6.07) is 15.9. The molecular weight excluding hydrogens is 278 g/mol. The molecule has 0 aliphatic carbocycles. The minimum atomic E-state index is -0.352. The first-order valence-electron chi connectivity index (χ1n) is 7.41. The number of hydrogen-bond acceptors (Lipinski definition) is 4. The third-order valence-electron chi connectivity index (χ3n) is 3.23. The van der Waals surface area contributed by atoms with Crippen LogP contribution in [0, 0.1) is 0 Å². The van der Waals surface area contributed by atoms with Gasteiger partial charge in [0.05, 0.1) is 13.2 Å². The molecule has 0 bridgehead atoms. The topological polar surface area (TPSA) is 50.7 Å². The number of hydrogen-bond donors (Lipinski definition) is 2. The zero-order valence-corrected chi connectivity index (χ0v) is 13.1. The van der Waals surface area contributed by atoms with Crippen LogP contribution in [-0.2, 0) is 13.2 Å². The lowest BCUT2D eigenvalue weighted by atomic mass is 10.2. The van der Waals surface area contributed by atoms with Crippen molar-refractivity contribution in [1.82, 2.24) is 5.32 Å². The first-order chi connectivity index (χ1) is 10.7. The maximum atomic E-state index is 9.25. The van der Waals surface area contributed by atoms with Crippen LogP contribution in [0.15, 0.2) is 48.5 Å². The van der Waals surface area contributed by atoms with Crippen molar-refractivity contribution in [3.63, 3.8) is 0 Å². The van der Waals surface area contributed by atoms with Gasteiger partial charge in [0.1, 0.15) is 6.61 Å². The van der Waals surface area contributed by atoms with Gasteiger partial charge in [-0.3, -0.25) is 0 Å². The Morgan fingerprint density at radius 1 is 1.05 bits per heavy atom. The molecule has 0 unspecified atom stereocenters. The maximum Gasteiger partial charge on any atom is 0.161 e. The van der Waals surface area contributed by atoms with Crippen LogP contribution in [0.1, 0.15) is 18.1 Å². The van der Waals surface area contributed by atoms with E-state index in [0.717, 1.165) is 16.9 Å². The minimum absolute atomic E-state index is 0.352. The number of methoxy groups -OCH3 is 1. The number of aliphatic hydroxyl groups excluding tert-OH is 1. The number of aliphatic hydroxyl groups is 1. The Bertz CT molecular complexity index is 570. The molecule has 0 saturated carbocycles. The molecule has 0 fully saturated rings. The lowest BCUT2D eigenvalue weighted by molar-refractivity contribution is 0.191. The number of benzene rings is 2. The lowest BCUT2D eigenvalue weighted by Gasteiger charge is -2.13. The smallest absolute Gasteiger partial charge is 0.161 e. The zero-order chi connectivity index (χ0) is 15.8. The summed E-state index contributed by atoms with van der Waals surface area (Å²) in [5, 5.41) is 12.4. The van der Waals surface area contributed by atoms with Crippen molar-refractivity contribution >= 4 is 0 Å². The van der Waals surface area contributed by atoms with Crippen molar-refractivity contribution < 1.29 is 14.6 Å². The van der Waals surface area contributed by atoms with Crippen LogP contribution >= 0.6 is 0 Å². The van der Waals surface area contributed by atoms with Gasteiger partial charge in [0.25, 0.3) is 0 Å². The average molecular weight is 301 g/mol. The normalized spacial score (nSPS) is 12.0. The van der Waals surface area contributed by atoms with E-state index >= 15 is 0 Å². The molecule has 0 saturated heterocycles. The number of nitrogens with one attached hydrogen (secondary N) is 1. The second-order valence-corrected chi connectivity index (χ2v) is 5.24. The Morgan fingerprint density at radius 2 is 1.82 bits per heavy atom. The fourth-order valence-corrected chi connectivity index (χ4v) is 2.10. The molecule has 4 nitrogen and oxygen atoms in total. The van der Waals surface area contributed by atoms with Gasteiger partial charge >= 0.3 is 0 Å². The highest BCUT2D eigenvalue weighted by Crippen LogP contribution is 2.28. The largest absolute Gasteiger partial charge is 0.493 e. The van der Waals surface area contributed by atoms with Crippen molar-refractivity contribution in [3.8, 4) is 11.5 Å². The van der Waals surface area contributed by atoms with E-state index < -0.39 is 0 Å². The van der Waals surface area contributed by atoms with Crippen molar-refractivity contribution in [1.29, 1.82) is 0 Å². The van der Waals surface area contributed by atoms with Gasteiger partial charge in [-0.2, -0.15) is 0 Å². The summed E-state index contributed by atoms with van der Waals surface area (Å²) in [7, 11) is 1.64. The molecule has 1 atom stereocenters. The second-order valence-electron chi connectivity index (χ2n) is 5.24. The molecule has 0 amide bonds. The molecule has 0 heterocycles. The van der Waals surface area contributed by atoms with Gasteiger partial charge in [-0.1, -0.05) is 36.4 Å². The summed E-state index contributed by atoms with van der Waals surface area (Å²) in [4.78, 5) is 0. The quantitative estimate of drug-likeness (QED) is 0.787. The van der Waals surface area contributed by atoms with Crippen molar-refractivity contribution in [2.24, 2.45) is 0 Å². The maximum absolute atomic E-state index is 9.25. The van der Waals surface area contributed by atoms with Crippen LogP contribution < -0.4 is 14.8 Å². The summed E-state index contributed by atoms with van der Waals surface area (Å²) in [5.74, 6) is 1.44. The van der Waals surface area contributed by atoms with Gasteiger partial charge in [-0.05, 0) is 30.2 Å². The Morgan fingerprint density at radius 3 is 2.50 bits per heavy atom. The first-order valence-corrected chi connectivity index (χ1v) is 7.41. The summed E-state index contributed by atoms with van der Waals surface area (Å²) in [6.45, 7) is 3.51. The summed E-state index contributed by atoms with van der Waals surface area (Å²) in [5.41, 5.74) is 2.21. The van der Waals surface area contributed by atoms with E-state index in [-0.39, 0.29) is 6.10 Å². The fraction of sp³-hybridized carbons (Fsp3) is 0.333. The monoisotopic (exact) mass is 301 g/mol. The van der Waals surface area contributed by atoms with E-state index in [9.17, 15) is 5.11 Å². The average Bonchev–Trinajstić information content (AvgIpc) is 2.54. The van der Waals surface area contributed by atoms with Crippen LogP contribution in [0.4, 0.5) is 0 Å². The van der Waals surface area contributed by atoms with Gasteiger partial charge in [0, 0.05) is 13.1 Å². The number of ether oxygens (including phenoxy) is 2. The molecule has 2 aromatic rings. The van der Waals surface area contributed by atoms with Gasteiger partial charge in [0.2, 0.25) is 0 Å². The molecule has 4 heteroatoms. The summed E-state index contributed by atoms with van der Waals surface area (Å²) < 4.78 is 11.2. The van der Waals surface area contributed by atoms with Gasteiger partial charge in [0.15, 0.2) is 11.5 Å². The zero-order valence-electron chi connectivity index (χ0n) is 13.1. The Kier molecular flexibility index (Phi) is 6.25. The van der Waals surface area contributed by atoms with Crippen molar-refractivity contribution in [2.75, 3.05) is 13.7 Å². The van der Waals surface area contributed by atoms with Crippen LogP contribution in [0.2, 0.25) is 0 Å². The molecule has 22 heavy (non-hydrogen) atoms. The summed E-state index contributed by atoms with van der Waals surface area (Å²) >= 11 is 0. The van der Waals surface area contributed by atoms with Gasteiger partial charge in [-0.25, -0.2) is 0 Å². The highest BCUT2D eigenvalue weighted by Gasteiger charge is 2.06. The highest BCUT2D eigenvalue weighted by atomic mass is 16.5. The van der Waals surface area contributed by atoms with E-state index in [1.54, 1.807) is 14.0 Å². The van der Waals surface area contributed by atoms with Crippen molar-refractivity contribution in [3.05, 3.63) is 59.7 Å². The molecule has 0 aliphatic rings. The van der Waals surface area contributed by atoms with E-state index in [0.29, 0.717) is 25.4 Å². The Hall–Kier alpha value is -2.04. The van der Waals surface area contributed by atoms with Crippen molar-refractivity contribution in [2.45, 2.75) is 26.2 Å². The number of rotatable bonds is 8. The Balaban J connectivity index is 1.96. The summed E-state index contributed by atoms with van der Waals surface area (Å²) in [6.07, 6.45) is -0.352. The molecule has 118 valence electrons. The third-order valence-corrected chi connectivity index (χ3v) is 3.23. The van der Waals surface area contributed by atoms with Crippen LogP contribution in [0.3, 0.4) is 0 Å². The standard InChI is InChI=1S/C18H23NO3/c1-14(20)11-19-12-16-8-9-17(18(10-16)21-2)22-13-15-6-4-3-5-7-15/h3-10,14,19-20H,11-13H2,1-2H3/t14-/m1/s1. The SMILES string of the molecule is COc1cc(CNC[C@@H](C)O)ccc1OCc1ccccc1. The van der Waals surface area contributed by atoms with E-state index in [1.807, 2.05) is 48.5 Å². The second kappa shape index (κ2) is 8.41. The van der Waals surface area contributed by atoms with Crippen LogP contribution in [0.25, 0.3) is 0 Å². The fourth-order valence-electron chi connectivity index (χ4n) is 2.10. The van der Waals surface area contributed by atoms with E-state index in [1.165, 1.54) is 0 Å². The molecule has 0 aromatic heterocycles. The van der Waals surface area contributed by atoms with Gasteiger partial charge < -0.3 is 19.9 Å². The van der Waals surface area contributed by atoms with Gasteiger partial charge in [-0.15, -0.1) is 0 Å². The van der Waals surface area contributed by atoms with E-state index in [2.05, 4.69) is 5.32 Å². The van der Waals surface area contributed by atoms with E-state index in [4.69, 9.17) is 9.47 Å². The Labute approximate surface area is 131 Å². The molecule has 2 aromatic carbocycles. The molecule has 0 spiro atoms. The first kappa shape index (κ1) is 16.3. The molecule has 0 aliphatic heterocycles. The predicted octanol–water partition coefficient (Wildman–Crippen LogP) is 2.74. The lowest BCUT2D eigenvalue weighted by Crippen LogP contribution is -2.23. The molecule has 0 radical (unpaired) electrons. The highest BCUT2D eigenvalue weighted by molar-refractivity contribution is 5.43. The van der Waals surface area contributed by atoms with Crippen LogP contribution in [0.5, 0.6) is 11.5 Å².